The van der Waals surface area contributed by atoms with E-state index >= 15 is 0 Å². The summed E-state index contributed by atoms with van der Waals surface area (Å²) in [6, 6.07) is 10.3. The normalized spacial score (nSPS) is 10.2. The van der Waals surface area contributed by atoms with E-state index < -0.39 is 0 Å². The Morgan fingerprint density at radius 2 is 1.85 bits per heavy atom. The van der Waals surface area contributed by atoms with Crippen molar-refractivity contribution in [2.75, 3.05) is 12.4 Å². The van der Waals surface area contributed by atoms with Crippen molar-refractivity contribution in [3.05, 3.63) is 53.1 Å². The molecule has 0 atom stereocenters. The Morgan fingerprint density at radius 3 is 2.45 bits per heavy atom. The van der Waals surface area contributed by atoms with Gasteiger partial charge in [-0.05, 0) is 55.3 Å². The van der Waals surface area contributed by atoms with E-state index in [9.17, 15) is 9.90 Å². The predicted octanol–water partition coefficient (Wildman–Crippen LogP) is 3.27. The maximum absolute atomic E-state index is 12.1. The van der Waals surface area contributed by atoms with Crippen LogP contribution in [0.4, 0.5) is 5.69 Å². The molecule has 0 saturated heterocycles. The molecule has 2 aromatic rings. The monoisotopic (exact) mass is 271 g/mol. The van der Waals surface area contributed by atoms with Gasteiger partial charge in [-0.1, -0.05) is 6.07 Å². The van der Waals surface area contributed by atoms with E-state index in [1.807, 2.05) is 13.0 Å². The zero-order valence-electron chi connectivity index (χ0n) is 11.7. The zero-order chi connectivity index (χ0) is 14.7. The first kappa shape index (κ1) is 13.9. The van der Waals surface area contributed by atoms with E-state index in [4.69, 9.17) is 4.74 Å². The van der Waals surface area contributed by atoms with Gasteiger partial charge in [0.2, 0.25) is 0 Å². The number of ether oxygens (including phenoxy) is 1. The number of amides is 1. The van der Waals surface area contributed by atoms with E-state index in [-0.39, 0.29) is 11.7 Å². The molecule has 1 amide bonds. The lowest BCUT2D eigenvalue weighted by Gasteiger charge is -2.10. The first-order valence-corrected chi connectivity index (χ1v) is 6.27. The van der Waals surface area contributed by atoms with Crippen molar-refractivity contribution in [2.45, 2.75) is 13.8 Å². The second kappa shape index (κ2) is 5.65. The van der Waals surface area contributed by atoms with Crippen LogP contribution < -0.4 is 10.1 Å². The summed E-state index contributed by atoms with van der Waals surface area (Å²) >= 11 is 0. The Kier molecular flexibility index (Phi) is 3.94. The van der Waals surface area contributed by atoms with Gasteiger partial charge >= 0.3 is 0 Å². The Morgan fingerprint density at radius 1 is 1.10 bits per heavy atom. The van der Waals surface area contributed by atoms with Crippen LogP contribution in [0.15, 0.2) is 36.4 Å². The second-order valence-corrected chi connectivity index (χ2v) is 4.64. The first-order chi connectivity index (χ1) is 9.51. The lowest BCUT2D eigenvalue weighted by Crippen LogP contribution is -2.12. The van der Waals surface area contributed by atoms with E-state index in [2.05, 4.69) is 5.32 Å². The van der Waals surface area contributed by atoms with Gasteiger partial charge in [0.05, 0.1) is 7.11 Å². The van der Waals surface area contributed by atoms with Crippen LogP contribution >= 0.6 is 0 Å². The van der Waals surface area contributed by atoms with Gasteiger partial charge in [0.15, 0.2) is 0 Å². The lowest BCUT2D eigenvalue weighted by atomic mass is 10.1. The van der Waals surface area contributed by atoms with Crippen LogP contribution in [-0.4, -0.2) is 18.1 Å². The van der Waals surface area contributed by atoms with Gasteiger partial charge in [-0.3, -0.25) is 4.79 Å². The lowest BCUT2D eigenvalue weighted by molar-refractivity contribution is 0.102. The molecule has 0 aliphatic carbocycles. The van der Waals surface area contributed by atoms with Crippen molar-refractivity contribution < 1.29 is 14.6 Å². The fourth-order valence-electron chi connectivity index (χ4n) is 1.85. The number of benzene rings is 2. The van der Waals surface area contributed by atoms with Gasteiger partial charge in [0.1, 0.15) is 11.5 Å². The molecule has 2 rings (SSSR count). The summed E-state index contributed by atoms with van der Waals surface area (Å²) in [5.41, 5.74) is 2.79. The first-order valence-electron chi connectivity index (χ1n) is 6.27. The van der Waals surface area contributed by atoms with E-state index in [0.717, 1.165) is 22.6 Å². The minimum atomic E-state index is -0.256. The number of aryl methyl sites for hydroxylation is 2. The van der Waals surface area contributed by atoms with Gasteiger partial charge in [-0.2, -0.15) is 0 Å². The van der Waals surface area contributed by atoms with Crippen LogP contribution in [-0.2, 0) is 0 Å². The van der Waals surface area contributed by atoms with Crippen molar-refractivity contribution in [3.63, 3.8) is 0 Å². The Bertz CT molecular complexity index is 650. The minimum Gasteiger partial charge on any atom is -0.508 e. The number of aromatic hydroxyl groups is 1. The highest BCUT2D eigenvalue weighted by atomic mass is 16.5. The quantitative estimate of drug-likeness (QED) is 0.900. The largest absolute Gasteiger partial charge is 0.508 e. The molecule has 0 bridgehead atoms. The molecule has 20 heavy (non-hydrogen) atoms. The molecule has 0 spiro atoms. The number of hydrogen-bond donors (Lipinski definition) is 2. The smallest absolute Gasteiger partial charge is 0.255 e. The van der Waals surface area contributed by atoms with Crippen LogP contribution in [0.2, 0.25) is 0 Å². The highest BCUT2D eigenvalue weighted by Crippen LogP contribution is 2.23. The maximum atomic E-state index is 12.1. The van der Waals surface area contributed by atoms with Gasteiger partial charge in [-0.15, -0.1) is 0 Å². The summed E-state index contributed by atoms with van der Waals surface area (Å²) in [6.45, 7) is 3.68. The molecule has 0 fully saturated rings. The Hall–Kier alpha value is -2.49. The SMILES string of the molecule is COc1ccc(NC(=O)c2ccc(C)c(O)c2)c(C)c1. The van der Waals surface area contributed by atoms with Gasteiger partial charge in [0.25, 0.3) is 5.91 Å². The van der Waals surface area contributed by atoms with Crippen LogP contribution in [0, 0.1) is 13.8 Å². The van der Waals surface area contributed by atoms with E-state index in [1.165, 1.54) is 6.07 Å². The van der Waals surface area contributed by atoms with E-state index in [0.29, 0.717) is 5.56 Å². The van der Waals surface area contributed by atoms with Gasteiger partial charge in [0, 0.05) is 11.3 Å². The Labute approximate surface area is 118 Å². The maximum Gasteiger partial charge on any atom is 0.255 e. The number of phenols is 1. The van der Waals surface area contributed by atoms with Gasteiger partial charge in [-0.25, -0.2) is 0 Å². The number of nitrogens with one attached hydrogen (secondary N) is 1. The standard InChI is InChI=1S/C16H17NO3/c1-10-4-5-12(9-15(10)18)16(19)17-14-7-6-13(20-3)8-11(14)2/h4-9,18H,1-3H3,(H,17,19). The van der Waals surface area contributed by atoms with E-state index in [1.54, 1.807) is 38.3 Å². The average Bonchev–Trinajstić information content (AvgIpc) is 2.43. The van der Waals surface area contributed by atoms with Crippen LogP contribution in [0.25, 0.3) is 0 Å². The van der Waals surface area contributed by atoms with Crippen molar-refractivity contribution in [1.82, 2.24) is 0 Å². The molecule has 0 saturated carbocycles. The van der Waals surface area contributed by atoms with Crippen molar-refractivity contribution in [2.24, 2.45) is 0 Å². The molecule has 0 heterocycles. The predicted molar refractivity (Wildman–Crippen MR) is 78.5 cm³/mol. The summed E-state index contributed by atoms with van der Waals surface area (Å²) in [5, 5.41) is 12.5. The number of anilines is 1. The molecule has 2 N–H and O–H groups in total. The number of rotatable bonds is 3. The fraction of sp³-hybridized carbons (Fsp3) is 0.188. The Balaban J connectivity index is 2.21. The highest BCUT2D eigenvalue weighted by Gasteiger charge is 2.10. The van der Waals surface area contributed by atoms with Crippen molar-refractivity contribution in [3.8, 4) is 11.5 Å². The molecular formula is C16H17NO3. The molecule has 2 aromatic carbocycles. The van der Waals surface area contributed by atoms with Crippen LogP contribution in [0.5, 0.6) is 11.5 Å². The average molecular weight is 271 g/mol. The number of methoxy groups -OCH3 is 1. The second-order valence-electron chi connectivity index (χ2n) is 4.64. The molecule has 0 aliphatic heterocycles. The fourth-order valence-corrected chi connectivity index (χ4v) is 1.85. The number of carbonyl (C=O) groups is 1. The van der Waals surface area contributed by atoms with Crippen molar-refractivity contribution in [1.29, 1.82) is 0 Å². The summed E-state index contributed by atoms with van der Waals surface area (Å²) in [5.74, 6) is 0.603. The molecule has 0 aliphatic rings. The molecule has 0 aromatic heterocycles. The summed E-state index contributed by atoms with van der Waals surface area (Å²) in [6.07, 6.45) is 0. The summed E-state index contributed by atoms with van der Waals surface area (Å²) in [7, 11) is 1.60. The highest BCUT2D eigenvalue weighted by molar-refractivity contribution is 6.05. The summed E-state index contributed by atoms with van der Waals surface area (Å²) in [4.78, 5) is 12.1. The molecule has 0 radical (unpaired) electrons. The van der Waals surface area contributed by atoms with Crippen LogP contribution in [0.1, 0.15) is 21.5 Å². The topological polar surface area (TPSA) is 58.6 Å². The number of hydrogen-bond acceptors (Lipinski definition) is 3. The molecule has 104 valence electrons. The van der Waals surface area contributed by atoms with Gasteiger partial charge < -0.3 is 15.2 Å². The third-order valence-electron chi connectivity index (χ3n) is 3.15. The molecular weight excluding hydrogens is 254 g/mol. The molecule has 4 heteroatoms. The number of carbonyl (C=O) groups excluding carboxylic acids is 1. The zero-order valence-corrected chi connectivity index (χ0v) is 11.7. The van der Waals surface area contributed by atoms with Crippen LogP contribution in [0.3, 0.4) is 0 Å². The minimum absolute atomic E-state index is 0.115. The molecule has 0 unspecified atom stereocenters. The number of phenolic OH excluding ortho intramolecular Hbond substituents is 1. The molecule has 4 nitrogen and oxygen atoms in total. The summed E-state index contributed by atoms with van der Waals surface area (Å²) < 4.78 is 5.12. The third-order valence-corrected chi connectivity index (χ3v) is 3.15. The van der Waals surface area contributed by atoms with Crippen molar-refractivity contribution >= 4 is 11.6 Å². The third kappa shape index (κ3) is 2.91.